The molecule has 0 fully saturated rings. The molecule has 3 amide bonds. The van der Waals surface area contributed by atoms with Crippen LogP contribution in [0.15, 0.2) is 18.2 Å². The van der Waals surface area contributed by atoms with Crippen LogP contribution in [0, 0.1) is 0 Å². The number of primary amides is 1. The zero-order valence-electron chi connectivity index (χ0n) is 10.7. The van der Waals surface area contributed by atoms with E-state index in [0.29, 0.717) is 10.8 Å². The molecule has 4 N–H and O–H groups in total. The summed E-state index contributed by atoms with van der Waals surface area (Å²) in [6.07, 6.45) is 0. The van der Waals surface area contributed by atoms with E-state index in [1.54, 1.807) is 25.2 Å². The van der Waals surface area contributed by atoms with Gasteiger partial charge in [0.1, 0.15) is 5.75 Å². The normalized spacial score (nSPS) is 11.7. The number of halogens is 1. The van der Waals surface area contributed by atoms with E-state index >= 15 is 0 Å². The molecule has 0 heterocycles. The predicted octanol–water partition coefficient (Wildman–Crippen LogP) is 1.19. The summed E-state index contributed by atoms with van der Waals surface area (Å²) in [6.45, 7) is 1.63. The van der Waals surface area contributed by atoms with Crippen LogP contribution < -0.4 is 21.1 Å². The molecule has 0 aliphatic rings. The van der Waals surface area contributed by atoms with E-state index in [0.717, 1.165) is 5.56 Å². The SMILES string of the molecule is CNC(C)c1cc(Cl)ccc1OCC(=O)NC(N)=O. The van der Waals surface area contributed by atoms with Crippen LogP contribution in [0.2, 0.25) is 5.02 Å². The maximum Gasteiger partial charge on any atom is 0.318 e. The molecule has 7 heteroatoms. The number of rotatable bonds is 5. The Balaban J connectivity index is 2.77. The fourth-order valence-electron chi connectivity index (χ4n) is 1.46. The maximum atomic E-state index is 11.3. The first-order valence-electron chi connectivity index (χ1n) is 5.62. The van der Waals surface area contributed by atoms with Crippen molar-refractivity contribution in [2.45, 2.75) is 13.0 Å². The molecule has 0 saturated heterocycles. The number of hydrogen-bond acceptors (Lipinski definition) is 4. The van der Waals surface area contributed by atoms with Gasteiger partial charge in [0.25, 0.3) is 5.91 Å². The second-order valence-electron chi connectivity index (χ2n) is 3.89. The van der Waals surface area contributed by atoms with Crippen molar-refractivity contribution < 1.29 is 14.3 Å². The minimum atomic E-state index is -0.909. The number of benzene rings is 1. The van der Waals surface area contributed by atoms with Crippen molar-refractivity contribution in [3.8, 4) is 5.75 Å². The van der Waals surface area contributed by atoms with E-state index in [1.165, 1.54) is 0 Å². The number of ether oxygens (including phenoxy) is 1. The standard InChI is InChI=1S/C12H16ClN3O3/c1-7(15-2)9-5-8(13)3-4-10(9)19-6-11(17)16-12(14)18/h3-5,7,15H,6H2,1-2H3,(H3,14,16,17,18). The average Bonchev–Trinajstić information content (AvgIpc) is 2.35. The zero-order valence-corrected chi connectivity index (χ0v) is 11.5. The monoisotopic (exact) mass is 285 g/mol. The molecule has 1 rings (SSSR count). The highest BCUT2D eigenvalue weighted by molar-refractivity contribution is 6.30. The number of nitrogens with two attached hydrogens (primary N) is 1. The van der Waals surface area contributed by atoms with Crippen LogP contribution in [0.1, 0.15) is 18.5 Å². The lowest BCUT2D eigenvalue weighted by atomic mass is 10.1. The lowest BCUT2D eigenvalue weighted by Gasteiger charge is -2.16. The molecule has 1 aromatic carbocycles. The van der Waals surface area contributed by atoms with E-state index in [-0.39, 0.29) is 12.6 Å². The van der Waals surface area contributed by atoms with Crippen molar-refractivity contribution >= 4 is 23.5 Å². The van der Waals surface area contributed by atoms with Gasteiger partial charge in [-0.2, -0.15) is 0 Å². The van der Waals surface area contributed by atoms with Gasteiger partial charge in [0.15, 0.2) is 6.61 Å². The third-order valence-corrected chi connectivity index (χ3v) is 2.73. The minimum Gasteiger partial charge on any atom is -0.483 e. The third kappa shape index (κ3) is 4.76. The van der Waals surface area contributed by atoms with Crippen LogP contribution in [0.4, 0.5) is 4.79 Å². The Morgan fingerprint density at radius 2 is 2.16 bits per heavy atom. The smallest absolute Gasteiger partial charge is 0.318 e. The molecule has 0 bridgehead atoms. The maximum absolute atomic E-state index is 11.3. The highest BCUT2D eigenvalue weighted by Gasteiger charge is 2.12. The van der Waals surface area contributed by atoms with E-state index in [4.69, 9.17) is 22.1 Å². The molecule has 1 atom stereocenters. The highest BCUT2D eigenvalue weighted by Crippen LogP contribution is 2.28. The summed E-state index contributed by atoms with van der Waals surface area (Å²) in [5, 5.41) is 5.55. The quantitative estimate of drug-likeness (QED) is 0.757. The van der Waals surface area contributed by atoms with Crippen molar-refractivity contribution in [2.24, 2.45) is 5.73 Å². The number of urea groups is 1. The van der Waals surface area contributed by atoms with Crippen LogP contribution in [0.3, 0.4) is 0 Å². The molecule has 19 heavy (non-hydrogen) atoms. The first-order valence-corrected chi connectivity index (χ1v) is 6.00. The van der Waals surface area contributed by atoms with E-state index in [2.05, 4.69) is 5.32 Å². The van der Waals surface area contributed by atoms with Crippen molar-refractivity contribution in [2.75, 3.05) is 13.7 Å². The Kier molecular flexibility index (Phi) is 5.59. The van der Waals surface area contributed by atoms with Crippen LogP contribution in [0.25, 0.3) is 0 Å². The van der Waals surface area contributed by atoms with Crippen LogP contribution in [-0.2, 0) is 4.79 Å². The number of hydrogen-bond donors (Lipinski definition) is 3. The van der Waals surface area contributed by atoms with Crippen LogP contribution in [0.5, 0.6) is 5.75 Å². The lowest BCUT2D eigenvalue weighted by molar-refractivity contribution is -0.121. The molecule has 0 radical (unpaired) electrons. The molecule has 6 nitrogen and oxygen atoms in total. The zero-order chi connectivity index (χ0) is 14.4. The van der Waals surface area contributed by atoms with E-state index < -0.39 is 11.9 Å². The van der Waals surface area contributed by atoms with Gasteiger partial charge in [0.05, 0.1) is 0 Å². The van der Waals surface area contributed by atoms with Gasteiger partial charge in [-0.1, -0.05) is 11.6 Å². The average molecular weight is 286 g/mol. The van der Waals surface area contributed by atoms with Gasteiger partial charge < -0.3 is 15.8 Å². The number of carbonyl (C=O) groups is 2. The highest BCUT2D eigenvalue weighted by atomic mass is 35.5. The molecular formula is C12H16ClN3O3. The van der Waals surface area contributed by atoms with Crippen molar-refractivity contribution in [3.05, 3.63) is 28.8 Å². The summed E-state index contributed by atoms with van der Waals surface area (Å²) in [6, 6.07) is 4.18. The molecule has 0 spiro atoms. The second-order valence-corrected chi connectivity index (χ2v) is 4.33. The summed E-state index contributed by atoms with van der Waals surface area (Å²) in [4.78, 5) is 21.8. The second kappa shape index (κ2) is 6.96. The summed E-state index contributed by atoms with van der Waals surface area (Å²) in [7, 11) is 1.80. The van der Waals surface area contributed by atoms with E-state index in [9.17, 15) is 9.59 Å². The van der Waals surface area contributed by atoms with Crippen molar-refractivity contribution in [1.82, 2.24) is 10.6 Å². The number of imide groups is 1. The Morgan fingerprint density at radius 3 is 2.74 bits per heavy atom. The molecule has 0 aliphatic carbocycles. The van der Waals surface area contributed by atoms with Gasteiger partial charge in [0, 0.05) is 16.6 Å². The van der Waals surface area contributed by atoms with Crippen molar-refractivity contribution in [3.63, 3.8) is 0 Å². The molecule has 0 aliphatic heterocycles. The summed E-state index contributed by atoms with van der Waals surface area (Å²) >= 11 is 5.93. The lowest BCUT2D eigenvalue weighted by Crippen LogP contribution is -2.38. The van der Waals surface area contributed by atoms with E-state index in [1.807, 2.05) is 12.2 Å². The first kappa shape index (κ1) is 15.3. The molecule has 104 valence electrons. The Hall–Kier alpha value is -1.79. The summed E-state index contributed by atoms with van der Waals surface area (Å²) < 4.78 is 5.36. The third-order valence-electron chi connectivity index (χ3n) is 2.49. The fraction of sp³-hybridized carbons (Fsp3) is 0.333. The molecule has 1 aromatic rings. The molecule has 0 saturated carbocycles. The van der Waals surface area contributed by atoms with Gasteiger partial charge in [-0.3, -0.25) is 10.1 Å². The number of carbonyl (C=O) groups excluding carboxylic acids is 2. The van der Waals surface area contributed by atoms with Gasteiger partial charge >= 0.3 is 6.03 Å². The molecular weight excluding hydrogens is 270 g/mol. The van der Waals surface area contributed by atoms with Gasteiger partial charge in [-0.25, -0.2) is 4.79 Å². The number of amides is 3. The fourth-order valence-corrected chi connectivity index (χ4v) is 1.64. The molecule has 0 aromatic heterocycles. The van der Waals surface area contributed by atoms with Crippen LogP contribution >= 0.6 is 11.6 Å². The van der Waals surface area contributed by atoms with Gasteiger partial charge in [-0.05, 0) is 32.2 Å². The Morgan fingerprint density at radius 1 is 1.47 bits per heavy atom. The van der Waals surface area contributed by atoms with Gasteiger partial charge in [-0.15, -0.1) is 0 Å². The molecule has 1 unspecified atom stereocenters. The predicted molar refractivity (Wildman–Crippen MR) is 72.1 cm³/mol. The summed E-state index contributed by atoms with van der Waals surface area (Å²) in [5.74, 6) is -0.0867. The van der Waals surface area contributed by atoms with Gasteiger partial charge in [0.2, 0.25) is 0 Å². The Bertz CT molecular complexity index is 479. The van der Waals surface area contributed by atoms with Crippen LogP contribution in [-0.4, -0.2) is 25.6 Å². The minimum absolute atomic E-state index is 0.00732. The summed E-state index contributed by atoms with van der Waals surface area (Å²) in [5.41, 5.74) is 5.65. The largest absolute Gasteiger partial charge is 0.483 e. The van der Waals surface area contributed by atoms with Crippen molar-refractivity contribution in [1.29, 1.82) is 0 Å². The Labute approximate surface area is 116 Å². The topological polar surface area (TPSA) is 93.4 Å². The number of nitrogens with one attached hydrogen (secondary N) is 2. The first-order chi connectivity index (χ1) is 8.93.